The molecule has 2 aromatic carbocycles. The Morgan fingerprint density at radius 1 is 1.10 bits per heavy atom. The number of carbonyl (C=O) groups excluding carboxylic acids is 1. The Kier molecular flexibility index (Phi) is 7.17. The van der Waals surface area contributed by atoms with Crippen LogP contribution in [0.2, 0.25) is 0 Å². The molecule has 29 heavy (non-hydrogen) atoms. The molecule has 0 unspecified atom stereocenters. The third-order valence-electron chi connectivity index (χ3n) is 4.85. The Balaban J connectivity index is 1.86. The lowest BCUT2D eigenvalue weighted by Crippen LogP contribution is -3.06. The molecule has 0 aliphatic heterocycles. The minimum atomic E-state index is -0.494. The zero-order valence-corrected chi connectivity index (χ0v) is 17.7. The van der Waals surface area contributed by atoms with E-state index in [4.69, 9.17) is 0 Å². The van der Waals surface area contributed by atoms with E-state index in [0.717, 1.165) is 17.8 Å². The summed E-state index contributed by atoms with van der Waals surface area (Å²) in [5.41, 5.74) is 1.25. The van der Waals surface area contributed by atoms with Crippen molar-refractivity contribution in [3.63, 3.8) is 0 Å². The Morgan fingerprint density at radius 2 is 1.79 bits per heavy atom. The van der Waals surface area contributed by atoms with Gasteiger partial charge in [-0.25, -0.2) is 4.39 Å². The highest BCUT2D eigenvalue weighted by Crippen LogP contribution is 2.23. The summed E-state index contributed by atoms with van der Waals surface area (Å²) in [6.45, 7) is 2.76. The lowest BCUT2D eigenvalue weighted by Gasteiger charge is -2.20. The lowest BCUT2D eigenvalue weighted by atomic mass is 10.1. The van der Waals surface area contributed by atoms with Crippen LogP contribution < -0.4 is 4.90 Å². The van der Waals surface area contributed by atoms with Crippen LogP contribution in [0.5, 0.6) is 0 Å². The van der Waals surface area contributed by atoms with Gasteiger partial charge in [-0.15, -0.1) is 10.2 Å². The van der Waals surface area contributed by atoms with Gasteiger partial charge in [0.15, 0.2) is 16.8 Å². The number of quaternary nitrogens is 1. The van der Waals surface area contributed by atoms with Crippen LogP contribution in [0.3, 0.4) is 0 Å². The Labute approximate surface area is 175 Å². The minimum absolute atomic E-state index is 0.110. The van der Waals surface area contributed by atoms with Gasteiger partial charge in [-0.3, -0.25) is 9.36 Å². The van der Waals surface area contributed by atoms with Crippen LogP contribution in [0, 0.1) is 5.82 Å². The first-order chi connectivity index (χ1) is 14.0. The number of hydrogen-bond acceptors (Lipinski definition) is 4. The summed E-state index contributed by atoms with van der Waals surface area (Å²) in [5, 5.41) is 9.50. The number of nitrogens with zero attached hydrogens (tertiary/aromatic N) is 3. The Bertz CT molecular complexity index is 958. The van der Waals surface area contributed by atoms with Crippen LogP contribution >= 0.6 is 11.8 Å². The van der Waals surface area contributed by atoms with Crippen LogP contribution in [0.15, 0.2) is 59.8 Å². The molecule has 1 N–H and O–H groups in total. The van der Waals surface area contributed by atoms with Gasteiger partial charge in [0.2, 0.25) is 0 Å². The van der Waals surface area contributed by atoms with E-state index in [1.807, 2.05) is 18.2 Å². The van der Waals surface area contributed by atoms with Crippen molar-refractivity contribution in [2.45, 2.75) is 31.1 Å². The van der Waals surface area contributed by atoms with Crippen LogP contribution in [0.4, 0.5) is 4.39 Å². The maximum absolute atomic E-state index is 13.9. The number of carbonyl (C=O) groups is 1. The Morgan fingerprint density at radius 3 is 2.45 bits per heavy atom. The van der Waals surface area contributed by atoms with Gasteiger partial charge in [-0.05, 0) is 17.7 Å². The fraction of sp³-hybridized carbons (Fsp3) is 0.318. The standard InChI is InChI=1S/C22H25FN4OS/c1-4-19(26(2)3)21-24-25-22(27(21)14-16-10-6-5-7-11-16)29-15-20(28)17-12-8-9-13-18(17)23/h5-13,19H,4,14-15H2,1-3H3/p+1/t19-/m1/s1. The predicted octanol–water partition coefficient (Wildman–Crippen LogP) is 3.04. The number of rotatable bonds is 9. The predicted molar refractivity (Wildman–Crippen MR) is 113 cm³/mol. The largest absolute Gasteiger partial charge is 0.331 e. The van der Waals surface area contributed by atoms with Crippen LogP contribution in [0.1, 0.15) is 41.1 Å². The number of hydrogen-bond donors (Lipinski definition) is 1. The minimum Gasteiger partial charge on any atom is -0.331 e. The van der Waals surface area contributed by atoms with Crippen molar-refractivity contribution in [2.24, 2.45) is 0 Å². The molecule has 1 heterocycles. The van der Waals surface area contributed by atoms with E-state index in [-0.39, 0.29) is 23.1 Å². The smallest absolute Gasteiger partial charge is 0.192 e. The van der Waals surface area contributed by atoms with E-state index in [0.29, 0.717) is 11.7 Å². The van der Waals surface area contributed by atoms with Gasteiger partial charge in [0.25, 0.3) is 0 Å². The van der Waals surface area contributed by atoms with Crippen molar-refractivity contribution in [1.29, 1.82) is 0 Å². The van der Waals surface area contributed by atoms with Crippen molar-refractivity contribution in [3.8, 4) is 0 Å². The highest BCUT2D eigenvalue weighted by atomic mass is 32.2. The topological polar surface area (TPSA) is 52.2 Å². The maximum Gasteiger partial charge on any atom is 0.192 e. The molecule has 7 heteroatoms. The first kappa shape index (κ1) is 21.2. The van der Waals surface area contributed by atoms with Crippen molar-refractivity contribution < 1.29 is 14.1 Å². The van der Waals surface area contributed by atoms with Gasteiger partial charge in [0.05, 0.1) is 32.0 Å². The molecule has 0 fully saturated rings. The molecule has 3 rings (SSSR count). The van der Waals surface area contributed by atoms with Crippen molar-refractivity contribution in [3.05, 3.63) is 77.4 Å². The summed E-state index contributed by atoms with van der Waals surface area (Å²) < 4.78 is 16.0. The van der Waals surface area contributed by atoms with Crippen LogP contribution in [0.25, 0.3) is 0 Å². The van der Waals surface area contributed by atoms with E-state index in [2.05, 4.69) is 47.9 Å². The first-order valence-corrected chi connectivity index (χ1v) is 10.7. The van der Waals surface area contributed by atoms with Crippen molar-refractivity contribution in [2.75, 3.05) is 19.8 Å². The third-order valence-corrected chi connectivity index (χ3v) is 5.82. The Hall–Kier alpha value is -2.51. The maximum atomic E-state index is 13.9. The van der Waals surface area contributed by atoms with Crippen LogP contribution in [-0.4, -0.2) is 40.4 Å². The second-order valence-corrected chi connectivity index (χ2v) is 8.08. The fourth-order valence-electron chi connectivity index (χ4n) is 3.32. The van der Waals surface area contributed by atoms with Crippen LogP contribution in [-0.2, 0) is 6.54 Å². The molecule has 0 amide bonds. The molecule has 5 nitrogen and oxygen atoms in total. The van der Waals surface area contributed by atoms with Gasteiger partial charge in [-0.1, -0.05) is 61.2 Å². The average molecular weight is 414 g/mol. The molecule has 1 aromatic heterocycles. The number of nitrogens with one attached hydrogen (secondary N) is 1. The van der Waals surface area contributed by atoms with E-state index in [9.17, 15) is 9.18 Å². The quantitative estimate of drug-likeness (QED) is 0.433. The number of halogens is 1. The second kappa shape index (κ2) is 9.80. The number of Topliss-reactive ketones (excluding diaryl/α,β-unsaturated/α-hetero) is 1. The molecular formula is C22H26FN4OS+. The molecule has 0 spiro atoms. The number of aromatic nitrogens is 3. The van der Waals surface area contributed by atoms with Gasteiger partial charge in [0, 0.05) is 6.42 Å². The van der Waals surface area contributed by atoms with Gasteiger partial charge in [-0.2, -0.15) is 0 Å². The van der Waals surface area contributed by atoms with Gasteiger partial charge < -0.3 is 4.90 Å². The molecular weight excluding hydrogens is 387 g/mol. The second-order valence-electron chi connectivity index (χ2n) is 7.14. The molecule has 3 aromatic rings. The third kappa shape index (κ3) is 5.10. The molecule has 0 saturated carbocycles. The molecule has 0 aliphatic rings. The number of thioether (sulfide) groups is 1. The molecule has 1 atom stereocenters. The summed E-state index contributed by atoms with van der Waals surface area (Å²) in [6.07, 6.45) is 0.925. The summed E-state index contributed by atoms with van der Waals surface area (Å²) in [7, 11) is 4.20. The molecule has 152 valence electrons. The number of benzene rings is 2. The summed E-state index contributed by atoms with van der Waals surface area (Å²) in [4.78, 5) is 13.8. The zero-order chi connectivity index (χ0) is 20.8. The van der Waals surface area contributed by atoms with Gasteiger partial charge >= 0.3 is 0 Å². The summed E-state index contributed by atoms with van der Waals surface area (Å²) in [6, 6.07) is 16.4. The van der Waals surface area contributed by atoms with E-state index < -0.39 is 5.82 Å². The monoisotopic (exact) mass is 413 g/mol. The molecule has 0 saturated heterocycles. The lowest BCUT2D eigenvalue weighted by molar-refractivity contribution is -0.893. The molecule has 0 radical (unpaired) electrons. The van der Waals surface area contributed by atoms with E-state index >= 15 is 0 Å². The fourth-order valence-corrected chi connectivity index (χ4v) is 4.15. The van der Waals surface area contributed by atoms with Crippen molar-refractivity contribution >= 4 is 17.5 Å². The SMILES string of the molecule is CC[C@H](c1nnc(SCC(=O)c2ccccc2F)n1Cc1ccccc1)[NH+](C)C. The highest BCUT2D eigenvalue weighted by Gasteiger charge is 2.25. The average Bonchev–Trinajstić information content (AvgIpc) is 3.10. The first-order valence-electron chi connectivity index (χ1n) is 9.68. The van der Waals surface area contributed by atoms with E-state index in [1.165, 1.54) is 28.8 Å². The highest BCUT2D eigenvalue weighted by molar-refractivity contribution is 7.99. The van der Waals surface area contributed by atoms with Crippen molar-refractivity contribution in [1.82, 2.24) is 14.8 Å². The van der Waals surface area contributed by atoms with E-state index in [1.54, 1.807) is 12.1 Å². The van der Waals surface area contributed by atoms with Gasteiger partial charge in [0.1, 0.15) is 11.9 Å². The summed E-state index contributed by atoms with van der Waals surface area (Å²) in [5.74, 6) is 0.262. The normalized spacial score (nSPS) is 12.3. The number of ketones is 1. The summed E-state index contributed by atoms with van der Waals surface area (Å²) >= 11 is 1.30. The molecule has 0 aliphatic carbocycles. The molecule has 0 bridgehead atoms. The zero-order valence-electron chi connectivity index (χ0n) is 16.9.